The molecule has 8 heteroatoms. The Morgan fingerprint density at radius 3 is 2.82 bits per heavy atom. The standard InChI is InChI=1S/C20H22ClN3O4/c1-4-13-11(2)22-16-6-5-12(9-14(16)17(13)21)23-18-15(20(27)28-3)10-24(7-8-25)19(18)26/h5-6,9,23,25H,4,7-8,10H2,1-3H3. The van der Waals surface area contributed by atoms with E-state index in [0.717, 1.165) is 28.6 Å². The summed E-state index contributed by atoms with van der Waals surface area (Å²) in [6.07, 6.45) is 0.761. The van der Waals surface area contributed by atoms with Crippen molar-refractivity contribution in [3.8, 4) is 0 Å². The fourth-order valence-electron chi connectivity index (χ4n) is 3.36. The van der Waals surface area contributed by atoms with Crippen LogP contribution in [0.15, 0.2) is 29.5 Å². The highest BCUT2D eigenvalue weighted by molar-refractivity contribution is 6.36. The molecule has 2 aromatic rings. The van der Waals surface area contributed by atoms with E-state index in [2.05, 4.69) is 10.3 Å². The minimum absolute atomic E-state index is 0.0868. The Morgan fingerprint density at radius 2 is 2.18 bits per heavy atom. The van der Waals surface area contributed by atoms with Crippen LogP contribution >= 0.6 is 11.6 Å². The summed E-state index contributed by atoms with van der Waals surface area (Å²) in [5.74, 6) is -0.947. The molecular weight excluding hydrogens is 382 g/mol. The number of anilines is 1. The molecule has 0 spiro atoms. The summed E-state index contributed by atoms with van der Waals surface area (Å²) in [7, 11) is 1.27. The van der Waals surface area contributed by atoms with Crippen molar-refractivity contribution in [2.24, 2.45) is 0 Å². The van der Waals surface area contributed by atoms with Gasteiger partial charge in [-0.2, -0.15) is 0 Å². The maximum Gasteiger partial charge on any atom is 0.337 e. The maximum absolute atomic E-state index is 12.7. The molecule has 0 atom stereocenters. The highest BCUT2D eigenvalue weighted by Crippen LogP contribution is 2.31. The average Bonchev–Trinajstić information content (AvgIpc) is 2.98. The van der Waals surface area contributed by atoms with Crippen molar-refractivity contribution in [2.75, 3.05) is 32.1 Å². The molecule has 0 unspecified atom stereocenters. The molecule has 28 heavy (non-hydrogen) atoms. The first kappa shape index (κ1) is 20.1. The number of amides is 1. The number of aryl methyl sites for hydroxylation is 1. The monoisotopic (exact) mass is 403 g/mol. The lowest BCUT2D eigenvalue weighted by Crippen LogP contribution is -2.31. The number of carbonyl (C=O) groups excluding carboxylic acids is 2. The Kier molecular flexibility index (Phi) is 5.86. The molecule has 0 bridgehead atoms. The smallest absolute Gasteiger partial charge is 0.337 e. The molecule has 1 aliphatic rings. The van der Waals surface area contributed by atoms with Crippen molar-refractivity contribution in [2.45, 2.75) is 20.3 Å². The van der Waals surface area contributed by atoms with Gasteiger partial charge in [0.15, 0.2) is 0 Å². The van der Waals surface area contributed by atoms with Crippen molar-refractivity contribution in [3.63, 3.8) is 0 Å². The molecule has 0 saturated carbocycles. The lowest BCUT2D eigenvalue weighted by Gasteiger charge is -2.15. The summed E-state index contributed by atoms with van der Waals surface area (Å²) < 4.78 is 4.80. The van der Waals surface area contributed by atoms with Crippen molar-refractivity contribution in [3.05, 3.63) is 45.7 Å². The molecule has 1 aromatic carbocycles. The van der Waals surface area contributed by atoms with Crippen LogP contribution < -0.4 is 5.32 Å². The van der Waals surface area contributed by atoms with E-state index in [1.54, 1.807) is 6.07 Å². The molecule has 0 saturated heterocycles. The summed E-state index contributed by atoms with van der Waals surface area (Å²) >= 11 is 6.57. The van der Waals surface area contributed by atoms with Crippen LogP contribution in [-0.2, 0) is 20.7 Å². The second-order valence-electron chi connectivity index (χ2n) is 6.50. The number of aliphatic hydroxyl groups is 1. The van der Waals surface area contributed by atoms with Gasteiger partial charge in [0.25, 0.3) is 5.91 Å². The van der Waals surface area contributed by atoms with Gasteiger partial charge in [-0.15, -0.1) is 0 Å². The van der Waals surface area contributed by atoms with Crippen molar-refractivity contribution < 1.29 is 19.4 Å². The van der Waals surface area contributed by atoms with Crippen molar-refractivity contribution >= 4 is 40.1 Å². The zero-order valence-electron chi connectivity index (χ0n) is 16.0. The zero-order valence-corrected chi connectivity index (χ0v) is 16.8. The number of β-amino-alcohol motifs (C(OH)–C–C–N with tert-alkyl or cyclic N) is 1. The molecule has 0 radical (unpaired) electrons. The third-order valence-corrected chi connectivity index (χ3v) is 5.23. The number of halogens is 1. The number of aromatic nitrogens is 1. The van der Waals surface area contributed by atoms with E-state index in [1.807, 2.05) is 26.0 Å². The number of hydrogen-bond donors (Lipinski definition) is 2. The summed E-state index contributed by atoms with van der Waals surface area (Å²) in [4.78, 5) is 30.7. The van der Waals surface area contributed by atoms with Gasteiger partial charge in [-0.1, -0.05) is 18.5 Å². The number of hydrogen-bond acceptors (Lipinski definition) is 6. The SMILES string of the molecule is CCc1c(C)nc2ccc(NC3=C(C(=O)OC)CN(CCO)C3=O)cc2c1Cl. The number of fused-ring (bicyclic) bond motifs is 1. The zero-order chi connectivity index (χ0) is 20.4. The minimum atomic E-state index is -0.583. The van der Waals surface area contributed by atoms with Gasteiger partial charge >= 0.3 is 5.97 Å². The van der Waals surface area contributed by atoms with Crippen LogP contribution in [0.1, 0.15) is 18.2 Å². The van der Waals surface area contributed by atoms with Gasteiger partial charge in [-0.3, -0.25) is 9.78 Å². The second-order valence-corrected chi connectivity index (χ2v) is 6.87. The molecule has 2 heterocycles. The third-order valence-electron chi connectivity index (χ3n) is 4.80. The molecule has 0 fully saturated rings. The van der Waals surface area contributed by atoms with E-state index in [-0.39, 0.29) is 36.9 Å². The van der Waals surface area contributed by atoms with E-state index in [1.165, 1.54) is 12.0 Å². The molecule has 3 rings (SSSR count). The summed E-state index contributed by atoms with van der Waals surface area (Å²) in [6.45, 7) is 3.98. The van der Waals surface area contributed by atoms with Crippen molar-refractivity contribution in [1.82, 2.24) is 9.88 Å². The van der Waals surface area contributed by atoms with Gasteiger partial charge in [0.2, 0.25) is 0 Å². The summed E-state index contributed by atoms with van der Waals surface area (Å²) in [5.41, 5.74) is 3.61. The molecule has 1 aliphatic heterocycles. The van der Waals surface area contributed by atoms with E-state index in [4.69, 9.17) is 21.4 Å². The first-order valence-corrected chi connectivity index (χ1v) is 9.36. The van der Waals surface area contributed by atoms with Crippen LogP contribution in [0, 0.1) is 6.92 Å². The largest absolute Gasteiger partial charge is 0.466 e. The quantitative estimate of drug-likeness (QED) is 0.720. The summed E-state index contributed by atoms with van der Waals surface area (Å²) in [6, 6.07) is 5.41. The van der Waals surface area contributed by atoms with Crippen LogP contribution in [0.4, 0.5) is 5.69 Å². The molecule has 2 N–H and O–H groups in total. The average molecular weight is 404 g/mol. The van der Waals surface area contributed by atoms with E-state index >= 15 is 0 Å². The normalized spacial score (nSPS) is 14.2. The van der Waals surface area contributed by atoms with E-state index < -0.39 is 5.97 Å². The highest BCUT2D eigenvalue weighted by atomic mass is 35.5. The Morgan fingerprint density at radius 1 is 1.43 bits per heavy atom. The van der Waals surface area contributed by atoms with Gasteiger partial charge in [-0.05, 0) is 37.1 Å². The van der Waals surface area contributed by atoms with Gasteiger partial charge in [-0.25, -0.2) is 4.79 Å². The van der Waals surface area contributed by atoms with Gasteiger partial charge < -0.3 is 20.1 Å². The first-order valence-electron chi connectivity index (χ1n) is 8.98. The predicted octanol–water partition coefficient (Wildman–Crippen LogP) is 2.43. The van der Waals surface area contributed by atoms with E-state index in [9.17, 15) is 9.59 Å². The number of methoxy groups -OCH3 is 1. The first-order chi connectivity index (χ1) is 13.4. The van der Waals surface area contributed by atoms with Crippen LogP contribution in [0.5, 0.6) is 0 Å². The maximum atomic E-state index is 12.7. The third kappa shape index (κ3) is 3.55. The Balaban J connectivity index is 2.02. The van der Waals surface area contributed by atoms with E-state index in [0.29, 0.717) is 10.7 Å². The number of nitrogens with zero attached hydrogens (tertiary/aromatic N) is 2. The number of benzene rings is 1. The lowest BCUT2D eigenvalue weighted by molar-refractivity contribution is -0.136. The molecule has 1 aromatic heterocycles. The van der Waals surface area contributed by atoms with Crippen LogP contribution in [-0.4, -0.2) is 53.7 Å². The number of pyridine rings is 1. The Labute approximate surface area is 167 Å². The number of carbonyl (C=O) groups is 2. The number of rotatable bonds is 6. The molecule has 0 aliphatic carbocycles. The van der Waals surface area contributed by atoms with Crippen molar-refractivity contribution in [1.29, 1.82) is 0 Å². The van der Waals surface area contributed by atoms with Crippen LogP contribution in [0.3, 0.4) is 0 Å². The molecule has 7 nitrogen and oxygen atoms in total. The fourth-order valence-corrected chi connectivity index (χ4v) is 3.78. The van der Waals surface area contributed by atoms with Gasteiger partial charge in [0.05, 0.1) is 36.4 Å². The predicted molar refractivity (Wildman–Crippen MR) is 107 cm³/mol. The van der Waals surface area contributed by atoms with Crippen LogP contribution in [0.25, 0.3) is 10.9 Å². The number of aliphatic hydroxyl groups excluding tert-OH is 1. The molecule has 1 amide bonds. The van der Waals surface area contributed by atoms with Crippen LogP contribution in [0.2, 0.25) is 5.02 Å². The van der Waals surface area contributed by atoms with Gasteiger partial charge in [0, 0.05) is 23.3 Å². The summed E-state index contributed by atoms with van der Waals surface area (Å²) in [5, 5.41) is 13.6. The number of ether oxygens (including phenoxy) is 1. The molecular formula is C20H22ClN3O4. The van der Waals surface area contributed by atoms with Gasteiger partial charge in [0.1, 0.15) is 5.70 Å². The number of esters is 1. The fraction of sp³-hybridized carbons (Fsp3) is 0.350. The second kappa shape index (κ2) is 8.16. The molecule has 148 valence electrons. The topological polar surface area (TPSA) is 91.8 Å². The lowest BCUT2D eigenvalue weighted by atomic mass is 10.1. The minimum Gasteiger partial charge on any atom is -0.466 e. The number of nitrogens with one attached hydrogen (secondary N) is 1. The Bertz CT molecular complexity index is 987. The highest BCUT2D eigenvalue weighted by Gasteiger charge is 2.34. The Hall–Kier alpha value is -2.64.